The van der Waals surface area contributed by atoms with Crippen LogP contribution in [-0.4, -0.2) is 0 Å². The third-order valence-corrected chi connectivity index (χ3v) is 3.84. The Morgan fingerprint density at radius 3 is 1.65 bits per heavy atom. The molecule has 0 aliphatic heterocycles. The maximum Gasteiger partial charge on any atom is 0.180 e. The average Bonchev–Trinajstić information content (AvgIpc) is 2.48. The minimum absolute atomic E-state index is 0.937. The van der Waals surface area contributed by atoms with Gasteiger partial charge in [-0.25, -0.2) is 0 Å². The molecule has 1 nitrogen and oxygen atoms in total. The van der Waals surface area contributed by atoms with Crippen molar-refractivity contribution >= 4 is 0 Å². The van der Waals surface area contributed by atoms with Gasteiger partial charge in [-0.05, 0) is 55.2 Å². The van der Waals surface area contributed by atoms with Gasteiger partial charge in [-0.15, -0.1) is 0 Å². The molecule has 0 aliphatic rings. The number of rotatable bonds is 10. The van der Waals surface area contributed by atoms with Crippen molar-refractivity contribution in [3.8, 4) is 5.75 Å². The lowest BCUT2D eigenvalue weighted by molar-refractivity contribution is 0.457. The minimum atomic E-state index is 0.937. The summed E-state index contributed by atoms with van der Waals surface area (Å²) >= 11 is 0. The predicted octanol–water partition coefficient (Wildman–Crippen LogP) is 5.76. The van der Waals surface area contributed by atoms with Crippen LogP contribution in [0.5, 0.6) is 5.75 Å². The molecule has 1 heteroatoms. The summed E-state index contributed by atoms with van der Waals surface area (Å²) in [5, 5.41) is 0. The Morgan fingerprint density at radius 1 is 0.800 bits per heavy atom. The van der Waals surface area contributed by atoms with E-state index in [9.17, 15) is 0 Å². The fraction of sp³-hybridized carbons (Fsp3) is 0.632. The van der Waals surface area contributed by atoms with E-state index in [1.807, 2.05) is 0 Å². The fourth-order valence-corrected chi connectivity index (χ4v) is 2.61. The Bertz CT molecular complexity index is 352. The van der Waals surface area contributed by atoms with Crippen LogP contribution < -0.4 is 4.74 Å². The first-order valence-corrected chi connectivity index (χ1v) is 8.28. The largest absolute Gasteiger partial charge is 0.482 e. The molecule has 2 radical (unpaired) electrons. The highest BCUT2D eigenvalue weighted by molar-refractivity contribution is 5.45. The zero-order valence-corrected chi connectivity index (χ0v) is 13.5. The summed E-state index contributed by atoms with van der Waals surface area (Å²) in [6.07, 6.45) is 10.6. The Kier molecular flexibility index (Phi) is 8.41. The molecule has 0 N–H and O–H groups in total. The van der Waals surface area contributed by atoms with Crippen LogP contribution in [0.3, 0.4) is 0 Å². The maximum absolute atomic E-state index is 5.55. The lowest BCUT2D eigenvalue weighted by Crippen LogP contribution is -2.00. The average molecular weight is 274 g/mol. The highest BCUT2D eigenvalue weighted by Gasteiger charge is 2.11. The Balaban J connectivity index is 3.02. The van der Waals surface area contributed by atoms with E-state index < -0.39 is 0 Å². The van der Waals surface area contributed by atoms with Gasteiger partial charge < -0.3 is 4.74 Å². The van der Waals surface area contributed by atoms with Gasteiger partial charge >= 0.3 is 0 Å². The topological polar surface area (TPSA) is 9.23 Å². The minimum Gasteiger partial charge on any atom is -0.482 e. The number of benzene rings is 1. The Morgan fingerprint density at radius 2 is 1.25 bits per heavy atom. The highest BCUT2D eigenvalue weighted by Crippen LogP contribution is 2.29. The Labute approximate surface area is 125 Å². The van der Waals surface area contributed by atoms with E-state index in [2.05, 4.69) is 32.9 Å². The summed E-state index contributed by atoms with van der Waals surface area (Å²) in [6, 6.07) is 4.62. The van der Waals surface area contributed by atoms with Crippen LogP contribution in [0.1, 0.15) is 76.0 Å². The summed E-state index contributed by atoms with van der Waals surface area (Å²) in [6.45, 7) is 6.69. The van der Waals surface area contributed by atoms with E-state index in [-0.39, 0.29) is 0 Å². The molecule has 0 fully saturated rings. The number of aryl methyl sites for hydroxylation is 3. The first-order chi connectivity index (χ1) is 9.76. The van der Waals surface area contributed by atoms with Crippen LogP contribution in [0.15, 0.2) is 12.1 Å². The molecule has 0 saturated carbocycles. The molecular weight excluding hydrogens is 244 g/mol. The van der Waals surface area contributed by atoms with Crippen molar-refractivity contribution in [2.45, 2.75) is 78.6 Å². The van der Waals surface area contributed by atoms with Crippen LogP contribution in [0.4, 0.5) is 0 Å². The van der Waals surface area contributed by atoms with Gasteiger partial charge in [0.25, 0.3) is 0 Å². The van der Waals surface area contributed by atoms with Gasteiger partial charge in [0, 0.05) is 0 Å². The van der Waals surface area contributed by atoms with Crippen molar-refractivity contribution in [2.24, 2.45) is 0 Å². The van der Waals surface area contributed by atoms with Gasteiger partial charge in [-0.3, -0.25) is 0 Å². The van der Waals surface area contributed by atoms with Gasteiger partial charge in [0.05, 0.1) is 0 Å². The predicted molar refractivity (Wildman–Crippen MR) is 87.2 cm³/mol. The standard InChI is InChI=1S/C19H30O/c1-5-8-11-16-14-17(12-9-6-2)19(20-4)18(15-16)13-10-7-3/h4,14-15H,5-13H2,1-3H3. The van der Waals surface area contributed by atoms with Gasteiger partial charge in [0.1, 0.15) is 5.75 Å². The monoisotopic (exact) mass is 274 g/mol. The van der Waals surface area contributed by atoms with Crippen molar-refractivity contribution in [3.05, 3.63) is 35.9 Å². The number of hydrogen-bond acceptors (Lipinski definition) is 1. The van der Waals surface area contributed by atoms with Crippen LogP contribution in [0.25, 0.3) is 0 Å². The molecule has 1 rings (SSSR count). The molecule has 1 aromatic carbocycles. The molecule has 0 heterocycles. The van der Waals surface area contributed by atoms with Crippen LogP contribution in [0, 0.1) is 7.11 Å². The first kappa shape index (κ1) is 17.1. The first-order valence-electron chi connectivity index (χ1n) is 8.28. The molecule has 1 aromatic rings. The van der Waals surface area contributed by atoms with E-state index in [1.54, 1.807) is 0 Å². The highest BCUT2D eigenvalue weighted by atomic mass is 16.5. The molecule has 0 spiro atoms. The van der Waals surface area contributed by atoms with Gasteiger partial charge in [0.2, 0.25) is 0 Å². The lowest BCUT2D eigenvalue weighted by atomic mass is 9.95. The molecular formula is C19H30O. The van der Waals surface area contributed by atoms with Gasteiger partial charge in [0.15, 0.2) is 7.11 Å². The summed E-state index contributed by atoms with van der Waals surface area (Å²) in [5.41, 5.74) is 4.05. The van der Waals surface area contributed by atoms with E-state index in [1.165, 1.54) is 61.6 Å². The molecule has 112 valence electrons. The van der Waals surface area contributed by atoms with Crippen molar-refractivity contribution < 1.29 is 4.74 Å². The van der Waals surface area contributed by atoms with Crippen LogP contribution in [0.2, 0.25) is 0 Å². The summed E-state index contributed by atoms with van der Waals surface area (Å²) in [7, 11) is 5.55. The Hall–Kier alpha value is -0.980. The second kappa shape index (κ2) is 9.85. The molecule has 0 amide bonds. The summed E-state index contributed by atoms with van der Waals surface area (Å²) in [5.74, 6) is 0.937. The summed E-state index contributed by atoms with van der Waals surface area (Å²) < 4.78 is 5.23. The summed E-state index contributed by atoms with van der Waals surface area (Å²) in [4.78, 5) is 0. The van der Waals surface area contributed by atoms with Gasteiger partial charge in [-0.2, -0.15) is 0 Å². The van der Waals surface area contributed by atoms with E-state index >= 15 is 0 Å². The van der Waals surface area contributed by atoms with Crippen LogP contribution >= 0.6 is 0 Å². The number of ether oxygens (including phenoxy) is 1. The van der Waals surface area contributed by atoms with E-state index in [4.69, 9.17) is 11.8 Å². The van der Waals surface area contributed by atoms with Crippen molar-refractivity contribution in [3.63, 3.8) is 0 Å². The molecule has 0 bridgehead atoms. The molecule has 0 unspecified atom stereocenters. The molecule has 0 aliphatic carbocycles. The third-order valence-electron chi connectivity index (χ3n) is 3.84. The molecule has 0 atom stereocenters. The molecule has 20 heavy (non-hydrogen) atoms. The smallest absolute Gasteiger partial charge is 0.180 e. The SMILES string of the molecule is [CH]Oc1c(CCCC)cc(CCCC)cc1CCCC. The van der Waals surface area contributed by atoms with E-state index in [0.29, 0.717) is 0 Å². The van der Waals surface area contributed by atoms with Crippen molar-refractivity contribution in [2.75, 3.05) is 0 Å². The lowest BCUT2D eigenvalue weighted by Gasteiger charge is -2.16. The van der Waals surface area contributed by atoms with Crippen molar-refractivity contribution in [1.29, 1.82) is 0 Å². The second-order valence-corrected chi connectivity index (χ2v) is 5.67. The third kappa shape index (κ3) is 5.19. The molecule has 0 aromatic heterocycles. The second-order valence-electron chi connectivity index (χ2n) is 5.67. The number of hydrogen-bond donors (Lipinski definition) is 0. The molecule has 0 saturated heterocycles. The van der Waals surface area contributed by atoms with Crippen LogP contribution in [-0.2, 0) is 19.3 Å². The van der Waals surface area contributed by atoms with Crippen molar-refractivity contribution in [1.82, 2.24) is 0 Å². The zero-order chi connectivity index (χ0) is 14.8. The normalized spacial score (nSPS) is 10.8. The van der Waals surface area contributed by atoms with Gasteiger partial charge in [-0.1, -0.05) is 52.2 Å². The maximum atomic E-state index is 5.55. The van der Waals surface area contributed by atoms with E-state index in [0.717, 1.165) is 18.6 Å². The fourth-order valence-electron chi connectivity index (χ4n) is 2.61. The zero-order valence-electron chi connectivity index (χ0n) is 13.5. The number of unbranched alkanes of at least 4 members (excludes halogenated alkanes) is 3. The quantitative estimate of drug-likeness (QED) is 0.527.